The summed E-state index contributed by atoms with van der Waals surface area (Å²) in [6, 6.07) is 0. The van der Waals surface area contributed by atoms with Crippen LogP contribution >= 0.6 is 0 Å². The average Bonchev–Trinajstić information content (AvgIpc) is 1.69. The first kappa shape index (κ1) is 5.93. The van der Waals surface area contributed by atoms with Crippen molar-refractivity contribution in [3.63, 3.8) is 0 Å². The second-order valence-electron chi connectivity index (χ2n) is 2.74. The van der Waals surface area contributed by atoms with Crippen LogP contribution in [0.4, 0.5) is 0 Å². The van der Waals surface area contributed by atoms with Crippen molar-refractivity contribution in [3.05, 3.63) is 0 Å². The predicted octanol–water partition coefficient (Wildman–Crippen LogP) is 1.10. The van der Waals surface area contributed by atoms with E-state index < -0.39 is 0 Å². The molecule has 0 spiro atoms. The van der Waals surface area contributed by atoms with Crippen LogP contribution in [0.25, 0.3) is 0 Å². The molecule has 1 fully saturated rings. The summed E-state index contributed by atoms with van der Waals surface area (Å²) < 4.78 is 1.25. The van der Waals surface area contributed by atoms with Gasteiger partial charge >= 0.3 is 58.6 Å². The molecule has 0 atom stereocenters. The molecule has 1 aliphatic carbocycles. The third kappa shape index (κ3) is 2.02. The molecule has 0 aromatic carbocycles. The summed E-state index contributed by atoms with van der Waals surface area (Å²) in [4.78, 5) is 0. The van der Waals surface area contributed by atoms with E-state index in [0.717, 1.165) is 22.5 Å². The summed E-state index contributed by atoms with van der Waals surface area (Å²) in [5, 5.41) is 0. The van der Waals surface area contributed by atoms with Crippen molar-refractivity contribution >= 4 is 22.5 Å². The van der Waals surface area contributed by atoms with E-state index in [1.807, 2.05) is 0 Å². The fourth-order valence-electron chi connectivity index (χ4n) is 1.31. The van der Waals surface area contributed by atoms with Crippen molar-refractivity contribution < 1.29 is 0 Å². The van der Waals surface area contributed by atoms with E-state index in [1.165, 1.54) is 23.2 Å². The van der Waals surface area contributed by atoms with Gasteiger partial charge in [0.2, 0.25) is 0 Å². The van der Waals surface area contributed by atoms with E-state index in [-0.39, 0.29) is 0 Å². The van der Waals surface area contributed by atoms with Crippen LogP contribution in [0.3, 0.4) is 0 Å². The summed E-state index contributed by atoms with van der Waals surface area (Å²) in [7, 11) is 0. The van der Waals surface area contributed by atoms with Crippen LogP contribution in [0.2, 0.25) is 3.93 Å². The third-order valence-electron chi connectivity index (χ3n) is 1.89. The Hall–Kier alpha value is 0.799. The van der Waals surface area contributed by atoms with Gasteiger partial charge in [-0.3, -0.25) is 0 Å². The first-order valence-electron chi connectivity index (χ1n) is 3.39. The molecule has 0 N–H and O–H groups in total. The van der Waals surface area contributed by atoms with E-state index >= 15 is 0 Å². The molecule has 0 aromatic heterocycles. The zero-order valence-electron chi connectivity index (χ0n) is 5.11. The fraction of sp³-hybridized carbons (Fsp3) is 1.00. The fourth-order valence-corrected chi connectivity index (χ4v) is 3.64. The second-order valence-corrected chi connectivity index (χ2v) is 7.40. The third-order valence-corrected chi connectivity index (χ3v) is 5.19. The van der Waals surface area contributed by atoms with Gasteiger partial charge in [0, 0.05) is 0 Å². The molecular weight excluding hydrogens is 191 g/mol. The molecule has 0 amide bonds. The Bertz CT molecular complexity index is 46.1. The molecular formula is C6H14Sn. The van der Waals surface area contributed by atoms with Crippen molar-refractivity contribution in [2.45, 2.75) is 36.0 Å². The molecule has 7 heavy (non-hydrogen) atoms. The van der Waals surface area contributed by atoms with Gasteiger partial charge in [-0.2, -0.15) is 0 Å². The second kappa shape index (κ2) is 2.95. The van der Waals surface area contributed by atoms with E-state index in [9.17, 15) is 0 Å². The minimum atomic E-state index is 0.985. The van der Waals surface area contributed by atoms with Crippen LogP contribution < -0.4 is 0 Å². The molecule has 0 nitrogen and oxygen atoms in total. The number of hydrogen-bond acceptors (Lipinski definition) is 0. The van der Waals surface area contributed by atoms with Gasteiger partial charge in [-0.25, -0.2) is 0 Å². The van der Waals surface area contributed by atoms with Crippen LogP contribution in [-0.2, 0) is 0 Å². The van der Waals surface area contributed by atoms with Gasteiger partial charge in [-0.05, 0) is 0 Å². The van der Waals surface area contributed by atoms with Gasteiger partial charge in [0.25, 0.3) is 0 Å². The van der Waals surface area contributed by atoms with E-state index in [2.05, 4.69) is 0 Å². The molecule has 0 unspecified atom stereocenters. The molecule has 0 heterocycles. The average molecular weight is 205 g/mol. The molecule has 0 aromatic rings. The Morgan fingerprint density at radius 2 is 1.57 bits per heavy atom. The molecule has 0 aliphatic heterocycles. The zero-order chi connectivity index (χ0) is 5.11. The Morgan fingerprint density at radius 1 is 1.00 bits per heavy atom. The summed E-state index contributed by atoms with van der Waals surface area (Å²) in [6.45, 7) is 0. The Balaban J connectivity index is 2.12. The van der Waals surface area contributed by atoms with Gasteiger partial charge in [0.05, 0.1) is 0 Å². The number of hydrogen-bond donors (Lipinski definition) is 0. The summed E-state index contributed by atoms with van der Waals surface area (Å²) >= 11 is 0.985. The monoisotopic (exact) mass is 206 g/mol. The SMILES string of the molecule is [SnH3][CH]1CCCCC1. The van der Waals surface area contributed by atoms with E-state index in [4.69, 9.17) is 0 Å². The van der Waals surface area contributed by atoms with Crippen LogP contribution in [0.1, 0.15) is 32.1 Å². The zero-order valence-corrected chi connectivity index (χ0v) is 10.8. The molecule has 0 radical (unpaired) electrons. The Morgan fingerprint density at radius 3 is 1.86 bits per heavy atom. The van der Waals surface area contributed by atoms with Gasteiger partial charge in [-0.15, -0.1) is 0 Å². The minimum absolute atomic E-state index is 0.985. The molecule has 0 saturated heterocycles. The first-order chi connectivity index (χ1) is 3.39. The maximum atomic E-state index is 1.58. The molecule has 0 bridgehead atoms. The van der Waals surface area contributed by atoms with Crippen molar-refractivity contribution in [1.82, 2.24) is 0 Å². The molecule has 42 valence electrons. The van der Waals surface area contributed by atoms with Crippen LogP contribution in [-0.4, -0.2) is 22.5 Å². The van der Waals surface area contributed by atoms with Gasteiger partial charge in [0.15, 0.2) is 0 Å². The van der Waals surface area contributed by atoms with Crippen molar-refractivity contribution in [1.29, 1.82) is 0 Å². The normalized spacial score (nSPS) is 25.7. The van der Waals surface area contributed by atoms with Crippen molar-refractivity contribution in [2.24, 2.45) is 0 Å². The van der Waals surface area contributed by atoms with Gasteiger partial charge < -0.3 is 0 Å². The molecule has 1 heteroatoms. The summed E-state index contributed by atoms with van der Waals surface area (Å²) in [5.74, 6) is 0. The Kier molecular flexibility index (Phi) is 2.50. The quantitative estimate of drug-likeness (QED) is 0.519. The summed E-state index contributed by atoms with van der Waals surface area (Å²) in [5.41, 5.74) is 0. The van der Waals surface area contributed by atoms with Crippen LogP contribution in [0.5, 0.6) is 0 Å². The molecule has 1 rings (SSSR count). The Labute approximate surface area is 58.8 Å². The molecule has 1 aliphatic rings. The van der Waals surface area contributed by atoms with Crippen LogP contribution in [0.15, 0.2) is 0 Å². The van der Waals surface area contributed by atoms with Gasteiger partial charge in [0.1, 0.15) is 0 Å². The predicted molar refractivity (Wildman–Crippen MR) is 36.8 cm³/mol. The number of rotatable bonds is 0. The maximum absolute atomic E-state index is 1.58. The van der Waals surface area contributed by atoms with E-state index in [1.54, 1.807) is 12.8 Å². The van der Waals surface area contributed by atoms with E-state index in [0.29, 0.717) is 0 Å². The van der Waals surface area contributed by atoms with Crippen LogP contribution in [0, 0.1) is 0 Å². The van der Waals surface area contributed by atoms with Crippen molar-refractivity contribution in [2.75, 3.05) is 0 Å². The summed E-state index contributed by atoms with van der Waals surface area (Å²) in [6.07, 6.45) is 7.76. The topological polar surface area (TPSA) is 0 Å². The first-order valence-corrected chi connectivity index (χ1v) is 6.69. The standard InChI is InChI=1S/C6H11.Sn.3H/c1-2-4-6-5-3-1;;;;/h1H,2-6H2;;;;. The van der Waals surface area contributed by atoms with Gasteiger partial charge in [-0.1, -0.05) is 0 Å². The molecule has 1 saturated carbocycles. The van der Waals surface area contributed by atoms with Crippen molar-refractivity contribution in [3.8, 4) is 0 Å².